The highest BCUT2D eigenvalue weighted by atomic mass is 16.4. The minimum atomic E-state index is -2.07. The molecular formula is C24H48O21. The zero-order chi connectivity index (χ0) is 36.7. The summed E-state index contributed by atoms with van der Waals surface area (Å²) in [6.45, 7) is -0.554. The van der Waals surface area contributed by atoms with Gasteiger partial charge in [0.25, 0.3) is 0 Å². The van der Waals surface area contributed by atoms with E-state index in [1.165, 1.54) is 0 Å². The lowest BCUT2D eigenvalue weighted by Crippen LogP contribution is -2.43. The van der Waals surface area contributed by atoms with E-state index in [9.17, 15) is 24.0 Å². The van der Waals surface area contributed by atoms with Crippen LogP contribution in [-0.4, -0.2) is 200 Å². The minimum absolute atomic E-state index is 0.0243. The van der Waals surface area contributed by atoms with Crippen LogP contribution >= 0.6 is 0 Å². The Morgan fingerprint density at radius 1 is 0.622 bits per heavy atom. The van der Waals surface area contributed by atoms with E-state index in [1.807, 2.05) is 6.92 Å². The van der Waals surface area contributed by atoms with E-state index in [4.69, 9.17) is 81.7 Å². The predicted octanol–water partition coefficient (Wildman–Crippen LogP) is -8.14. The quantitative estimate of drug-likeness (QED) is 0.0474. The summed E-state index contributed by atoms with van der Waals surface area (Å²) in [5.41, 5.74) is 0. The maximum atomic E-state index is 10.2. The molecule has 21 heteroatoms. The van der Waals surface area contributed by atoms with Gasteiger partial charge in [0.1, 0.15) is 36.8 Å². The lowest BCUT2D eigenvalue weighted by atomic mass is 10.1. The second-order valence-corrected chi connectivity index (χ2v) is 8.52. The number of carbonyl (C=O) groups excluding carboxylic acids is 3. The first-order valence-corrected chi connectivity index (χ1v) is 12.9. The Bertz CT molecular complexity index is 738. The SMILES string of the molecule is CCCC(O)CO.O=C(O)C(=O)CC(O)CO.O=C(O)[C@H](O)[C@@H](O)C(O)CO.O=CCC(O)CO.O=C[C@H](O)[C@@H](O)C(O)CO. The van der Waals surface area contributed by atoms with E-state index < -0.39 is 98.9 Å². The van der Waals surface area contributed by atoms with Crippen molar-refractivity contribution in [3.05, 3.63) is 0 Å². The summed E-state index contributed by atoms with van der Waals surface area (Å²) in [5, 5.41) is 134. The Kier molecular flexibility index (Phi) is 39.6. The number of hydrogen-bond acceptors (Lipinski definition) is 19. The topological polar surface area (TPSA) is 409 Å². The Hall–Kier alpha value is -2.61. The standard InChI is InChI=1S/C5H10O6.C5H10O5.C5H8O5.C5H12O2.C4H8O3/c6-1-2(7)3(8)4(9)5(10)11;6-1-3(8)5(10)4(9)2-7;6-2-3(7)1-4(8)5(9)10;1-2-3-5(7)4-6;5-2-1-4(7)3-6/h2-4,6-9H,1H2,(H,10,11);1,3-5,7-10H,2H2;3,6-7H,1-2H2,(H,9,10);5-7H,2-4H2,1H3;2,4,6-7H,1,3H2/t2?,3-,4+;3-,4?,5+;;;/m00.../s1. The fourth-order valence-corrected chi connectivity index (χ4v) is 1.86. The number of aldehydes is 2. The third kappa shape index (κ3) is 34.1. The first kappa shape index (κ1) is 51.9. The van der Waals surface area contributed by atoms with E-state index in [0.717, 1.165) is 6.42 Å². The second kappa shape index (κ2) is 34.3. The third-order valence-electron chi connectivity index (χ3n) is 4.51. The van der Waals surface area contributed by atoms with Crippen molar-refractivity contribution in [2.45, 2.75) is 87.5 Å². The first-order chi connectivity index (χ1) is 20.8. The molecule has 45 heavy (non-hydrogen) atoms. The first-order valence-electron chi connectivity index (χ1n) is 12.9. The van der Waals surface area contributed by atoms with Gasteiger partial charge in [0.05, 0.1) is 51.3 Å². The molecule has 0 saturated heterocycles. The average molecular weight is 673 g/mol. The predicted molar refractivity (Wildman–Crippen MR) is 146 cm³/mol. The van der Waals surface area contributed by atoms with Gasteiger partial charge in [-0.1, -0.05) is 13.3 Å². The summed E-state index contributed by atoms with van der Waals surface area (Å²) < 4.78 is 0. The maximum Gasteiger partial charge on any atom is 0.372 e. The second-order valence-electron chi connectivity index (χ2n) is 8.52. The normalized spacial score (nSPS) is 16.1. The van der Waals surface area contributed by atoms with Crippen molar-refractivity contribution in [3.8, 4) is 0 Å². The van der Waals surface area contributed by atoms with E-state index in [2.05, 4.69) is 0 Å². The molecule has 0 saturated carbocycles. The highest BCUT2D eigenvalue weighted by Gasteiger charge is 2.29. The van der Waals surface area contributed by atoms with E-state index >= 15 is 0 Å². The van der Waals surface area contributed by atoms with Crippen molar-refractivity contribution in [2.75, 3.05) is 33.0 Å². The number of aliphatic carboxylic acids is 2. The van der Waals surface area contributed by atoms with Gasteiger partial charge in [-0.2, -0.15) is 0 Å². The Balaban J connectivity index is -0.000000150. The van der Waals surface area contributed by atoms with E-state index in [1.54, 1.807) is 0 Å². The van der Waals surface area contributed by atoms with Crippen LogP contribution in [0.1, 0.15) is 32.6 Å². The van der Waals surface area contributed by atoms with Crippen molar-refractivity contribution in [3.63, 3.8) is 0 Å². The summed E-state index contributed by atoms with van der Waals surface area (Å²) in [7, 11) is 0. The molecule has 0 aromatic heterocycles. The Morgan fingerprint density at radius 3 is 1.29 bits per heavy atom. The summed E-state index contributed by atoms with van der Waals surface area (Å²) in [5.74, 6) is -4.33. The number of aliphatic hydroxyl groups is 14. The molecule has 5 unspecified atom stereocenters. The number of hydrogen-bond donors (Lipinski definition) is 16. The van der Waals surface area contributed by atoms with Crippen LogP contribution < -0.4 is 0 Å². The maximum absolute atomic E-state index is 10.2. The molecule has 270 valence electrons. The smallest absolute Gasteiger partial charge is 0.372 e. The van der Waals surface area contributed by atoms with Gasteiger partial charge < -0.3 is 91.3 Å². The van der Waals surface area contributed by atoms with Crippen molar-refractivity contribution in [2.24, 2.45) is 0 Å². The zero-order valence-electron chi connectivity index (χ0n) is 24.4. The molecular weight excluding hydrogens is 624 g/mol. The summed E-state index contributed by atoms with van der Waals surface area (Å²) in [6, 6.07) is 0. The molecule has 21 nitrogen and oxygen atoms in total. The van der Waals surface area contributed by atoms with Gasteiger partial charge in [0.15, 0.2) is 12.4 Å². The average Bonchev–Trinajstić information content (AvgIpc) is 3.03. The fourth-order valence-electron chi connectivity index (χ4n) is 1.86. The molecule has 0 spiro atoms. The van der Waals surface area contributed by atoms with Crippen LogP contribution in [0.15, 0.2) is 0 Å². The highest BCUT2D eigenvalue weighted by Crippen LogP contribution is 1.99. The number of carboxylic acid groups (broad SMARTS) is 2. The fraction of sp³-hybridized carbons (Fsp3) is 0.792. The van der Waals surface area contributed by atoms with Crippen molar-refractivity contribution >= 4 is 30.3 Å². The van der Waals surface area contributed by atoms with Crippen LogP contribution in [0.3, 0.4) is 0 Å². The van der Waals surface area contributed by atoms with Gasteiger partial charge in [-0.05, 0) is 6.42 Å². The van der Waals surface area contributed by atoms with Gasteiger partial charge >= 0.3 is 11.9 Å². The van der Waals surface area contributed by atoms with Gasteiger partial charge in [-0.3, -0.25) is 4.79 Å². The van der Waals surface area contributed by atoms with Crippen LogP contribution in [0, 0.1) is 0 Å². The van der Waals surface area contributed by atoms with Crippen LogP contribution in [0.2, 0.25) is 0 Å². The van der Waals surface area contributed by atoms with E-state index in [-0.39, 0.29) is 25.9 Å². The number of carbonyl (C=O) groups is 5. The molecule has 0 aromatic rings. The molecule has 9 atom stereocenters. The highest BCUT2D eigenvalue weighted by molar-refractivity contribution is 6.32. The molecule has 16 N–H and O–H groups in total. The number of rotatable bonds is 18. The third-order valence-corrected chi connectivity index (χ3v) is 4.51. The molecule has 0 bridgehead atoms. The Morgan fingerprint density at radius 2 is 1.04 bits per heavy atom. The van der Waals surface area contributed by atoms with Crippen LogP contribution in [0.25, 0.3) is 0 Å². The molecule has 0 amide bonds. The molecule has 0 radical (unpaired) electrons. The van der Waals surface area contributed by atoms with Crippen molar-refractivity contribution in [1.82, 2.24) is 0 Å². The minimum Gasteiger partial charge on any atom is -0.479 e. The summed E-state index contributed by atoms with van der Waals surface area (Å²) in [6.07, 6.45) is -11.1. The molecule has 0 aliphatic carbocycles. The largest absolute Gasteiger partial charge is 0.479 e. The zero-order valence-corrected chi connectivity index (χ0v) is 24.4. The van der Waals surface area contributed by atoms with Gasteiger partial charge in [-0.25, -0.2) is 9.59 Å². The Labute approximate surface area is 257 Å². The molecule has 0 aliphatic heterocycles. The summed E-state index contributed by atoms with van der Waals surface area (Å²) in [4.78, 5) is 49.3. The lowest BCUT2D eigenvalue weighted by Gasteiger charge is -2.17. The van der Waals surface area contributed by atoms with Crippen LogP contribution in [0.5, 0.6) is 0 Å². The van der Waals surface area contributed by atoms with Crippen LogP contribution in [-0.2, 0) is 24.0 Å². The van der Waals surface area contributed by atoms with E-state index in [0.29, 0.717) is 12.7 Å². The van der Waals surface area contributed by atoms with Crippen molar-refractivity contribution < 1.29 is 106 Å². The van der Waals surface area contributed by atoms with Crippen molar-refractivity contribution in [1.29, 1.82) is 0 Å². The molecule has 0 rings (SSSR count). The number of ketones is 1. The molecule has 0 aliphatic rings. The monoisotopic (exact) mass is 672 g/mol. The van der Waals surface area contributed by atoms with Gasteiger partial charge in [0, 0.05) is 12.8 Å². The van der Waals surface area contributed by atoms with Crippen LogP contribution in [0.4, 0.5) is 0 Å². The number of aliphatic hydroxyl groups excluding tert-OH is 14. The molecule has 0 fully saturated rings. The van der Waals surface area contributed by atoms with Gasteiger partial charge in [-0.15, -0.1) is 0 Å². The molecule has 0 heterocycles. The number of Topliss-reactive ketones (excluding diaryl/α,β-unsaturated/α-hetero) is 1. The number of carboxylic acids is 2. The molecule has 0 aromatic carbocycles. The van der Waals surface area contributed by atoms with Gasteiger partial charge in [0.2, 0.25) is 5.78 Å². The lowest BCUT2D eigenvalue weighted by molar-refractivity contribution is -0.159. The summed E-state index contributed by atoms with van der Waals surface area (Å²) >= 11 is 0.